The van der Waals surface area contributed by atoms with E-state index in [-0.39, 0.29) is 18.1 Å². The molecule has 5 nitrogen and oxygen atoms in total. The Kier molecular flexibility index (Phi) is 4.11. The van der Waals surface area contributed by atoms with Gasteiger partial charge < -0.3 is 10.0 Å². The monoisotopic (exact) mass is 412 g/mol. The first-order chi connectivity index (χ1) is 14.8. The van der Waals surface area contributed by atoms with Crippen molar-refractivity contribution in [2.24, 2.45) is 0 Å². The van der Waals surface area contributed by atoms with Gasteiger partial charge in [-0.3, -0.25) is 14.5 Å². The van der Waals surface area contributed by atoms with Gasteiger partial charge in [0, 0.05) is 43.0 Å². The van der Waals surface area contributed by atoms with Crippen molar-refractivity contribution < 1.29 is 14.7 Å². The maximum absolute atomic E-state index is 13.9. The van der Waals surface area contributed by atoms with E-state index in [0.717, 1.165) is 11.3 Å². The number of ketones is 1. The topological polar surface area (TPSA) is 60.9 Å². The lowest BCUT2D eigenvalue weighted by Crippen LogP contribution is -2.53. The van der Waals surface area contributed by atoms with E-state index in [1.54, 1.807) is 24.3 Å². The molecule has 3 aromatic carbocycles. The lowest BCUT2D eigenvalue weighted by Gasteiger charge is -2.40. The molecule has 1 fully saturated rings. The number of amides is 1. The van der Waals surface area contributed by atoms with E-state index in [1.807, 2.05) is 74.4 Å². The predicted molar refractivity (Wildman–Crippen MR) is 120 cm³/mol. The molecule has 1 aliphatic carbocycles. The summed E-state index contributed by atoms with van der Waals surface area (Å²) in [5, 5.41) is 12.4. The first-order valence-corrected chi connectivity index (χ1v) is 10.3. The fourth-order valence-corrected chi connectivity index (χ4v) is 5.11. The standard InChI is InChI=1S/C26H24N2O3/c1-17-8-12-20(13-9-17)28-23(29)16-25(18-10-14-19(15-11-18)27(2)3)24(30)21-6-4-5-7-22(21)26(25,28)31/h4-15,31H,16H2,1-3H3. The molecule has 0 aromatic heterocycles. The average Bonchev–Trinajstić information content (AvgIpc) is 3.12. The van der Waals surface area contributed by atoms with Crippen LogP contribution >= 0.6 is 0 Å². The summed E-state index contributed by atoms with van der Waals surface area (Å²) in [4.78, 5) is 30.6. The van der Waals surface area contributed by atoms with Crippen LogP contribution in [-0.4, -0.2) is 30.9 Å². The normalized spacial score (nSPS) is 24.3. The smallest absolute Gasteiger partial charge is 0.231 e. The molecule has 31 heavy (non-hydrogen) atoms. The molecule has 5 rings (SSSR count). The van der Waals surface area contributed by atoms with Gasteiger partial charge in [-0.05, 0) is 36.8 Å². The Morgan fingerprint density at radius 2 is 1.55 bits per heavy atom. The van der Waals surface area contributed by atoms with Gasteiger partial charge in [0.15, 0.2) is 11.5 Å². The number of Topliss-reactive ketones (excluding diaryl/α,β-unsaturated/α-hetero) is 1. The van der Waals surface area contributed by atoms with E-state index < -0.39 is 11.1 Å². The van der Waals surface area contributed by atoms with E-state index in [2.05, 4.69) is 0 Å². The Morgan fingerprint density at radius 1 is 0.903 bits per heavy atom. The molecule has 0 radical (unpaired) electrons. The van der Waals surface area contributed by atoms with E-state index in [9.17, 15) is 14.7 Å². The third kappa shape index (κ3) is 2.41. The number of anilines is 2. The van der Waals surface area contributed by atoms with E-state index >= 15 is 0 Å². The van der Waals surface area contributed by atoms with E-state index in [4.69, 9.17) is 0 Å². The highest BCUT2D eigenvalue weighted by atomic mass is 16.3. The van der Waals surface area contributed by atoms with Crippen LogP contribution in [0.4, 0.5) is 11.4 Å². The Labute approximate surface area is 181 Å². The summed E-state index contributed by atoms with van der Waals surface area (Å²) in [5.74, 6) is -0.489. The number of carbonyl (C=O) groups is 2. The van der Waals surface area contributed by atoms with Crippen molar-refractivity contribution in [1.29, 1.82) is 0 Å². The highest BCUT2D eigenvalue weighted by Gasteiger charge is 2.72. The Hall–Kier alpha value is -3.44. The van der Waals surface area contributed by atoms with Crippen molar-refractivity contribution in [2.45, 2.75) is 24.5 Å². The van der Waals surface area contributed by atoms with Crippen LogP contribution in [-0.2, 0) is 15.9 Å². The van der Waals surface area contributed by atoms with Crippen molar-refractivity contribution in [1.82, 2.24) is 0 Å². The van der Waals surface area contributed by atoms with Crippen LogP contribution in [0, 0.1) is 6.92 Å². The van der Waals surface area contributed by atoms with E-state index in [1.165, 1.54) is 4.90 Å². The first-order valence-electron chi connectivity index (χ1n) is 10.3. The molecular weight excluding hydrogens is 388 g/mol. The van der Waals surface area contributed by atoms with Gasteiger partial charge in [-0.15, -0.1) is 0 Å². The zero-order valence-electron chi connectivity index (χ0n) is 17.8. The zero-order valence-corrected chi connectivity index (χ0v) is 17.8. The minimum atomic E-state index is -1.80. The SMILES string of the molecule is Cc1ccc(N2C(=O)CC3(c4ccc(N(C)C)cc4)C(=O)c4ccccc4C23O)cc1. The van der Waals surface area contributed by atoms with Gasteiger partial charge in [0.2, 0.25) is 5.91 Å². The van der Waals surface area contributed by atoms with Gasteiger partial charge in [-0.2, -0.15) is 0 Å². The predicted octanol–water partition coefficient (Wildman–Crippen LogP) is 3.78. The zero-order chi connectivity index (χ0) is 22.0. The number of rotatable bonds is 3. The molecule has 1 aliphatic heterocycles. The van der Waals surface area contributed by atoms with Crippen molar-refractivity contribution in [3.8, 4) is 0 Å². The van der Waals surface area contributed by atoms with Gasteiger partial charge in [-0.1, -0.05) is 54.1 Å². The maximum Gasteiger partial charge on any atom is 0.231 e. The van der Waals surface area contributed by atoms with Crippen molar-refractivity contribution in [3.63, 3.8) is 0 Å². The molecule has 0 bridgehead atoms. The summed E-state index contributed by atoms with van der Waals surface area (Å²) in [5.41, 5.74) is 0.992. The number of fused-ring (bicyclic) bond motifs is 3. The molecule has 0 saturated carbocycles. The molecule has 2 atom stereocenters. The van der Waals surface area contributed by atoms with Gasteiger partial charge in [0.1, 0.15) is 5.41 Å². The number of aliphatic hydroxyl groups is 1. The number of carbonyl (C=O) groups excluding carboxylic acids is 2. The second-order valence-corrected chi connectivity index (χ2v) is 8.64. The number of aryl methyl sites for hydroxylation is 1. The molecule has 1 heterocycles. The summed E-state index contributed by atoms with van der Waals surface area (Å²) in [6, 6.07) is 22.1. The molecule has 1 amide bonds. The van der Waals surface area contributed by atoms with Crippen LogP contribution in [0.5, 0.6) is 0 Å². The molecule has 2 unspecified atom stereocenters. The minimum Gasteiger partial charge on any atom is -0.378 e. The molecule has 2 aliphatic rings. The summed E-state index contributed by atoms with van der Waals surface area (Å²) < 4.78 is 0. The number of hydrogen-bond acceptors (Lipinski definition) is 4. The first kappa shape index (κ1) is 19.5. The number of benzene rings is 3. The Morgan fingerprint density at radius 3 is 2.19 bits per heavy atom. The molecule has 1 saturated heterocycles. The highest BCUT2D eigenvalue weighted by molar-refractivity contribution is 6.18. The van der Waals surface area contributed by atoms with Gasteiger partial charge in [0.05, 0.1) is 0 Å². The molecular formula is C26H24N2O3. The van der Waals surface area contributed by atoms with Crippen LogP contribution in [0.1, 0.15) is 33.5 Å². The summed E-state index contributed by atoms with van der Waals surface area (Å²) in [7, 11) is 3.89. The van der Waals surface area contributed by atoms with Gasteiger partial charge in [-0.25, -0.2) is 0 Å². The van der Waals surface area contributed by atoms with Gasteiger partial charge in [0.25, 0.3) is 0 Å². The summed E-state index contributed by atoms with van der Waals surface area (Å²) in [6.07, 6.45) is -0.0911. The lowest BCUT2D eigenvalue weighted by atomic mass is 9.71. The maximum atomic E-state index is 13.9. The largest absolute Gasteiger partial charge is 0.378 e. The minimum absolute atomic E-state index is 0.0911. The van der Waals surface area contributed by atoms with Crippen LogP contribution in [0.25, 0.3) is 0 Å². The average molecular weight is 412 g/mol. The van der Waals surface area contributed by atoms with Crippen LogP contribution in [0.2, 0.25) is 0 Å². The Bertz CT molecular complexity index is 1200. The summed E-state index contributed by atoms with van der Waals surface area (Å²) in [6.45, 7) is 1.97. The quantitative estimate of drug-likeness (QED) is 0.711. The molecule has 1 N–H and O–H groups in total. The third-order valence-electron chi connectivity index (χ3n) is 6.69. The third-order valence-corrected chi connectivity index (χ3v) is 6.69. The number of nitrogens with zero attached hydrogens (tertiary/aromatic N) is 2. The molecule has 0 spiro atoms. The van der Waals surface area contributed by atoms with E-state index in [0.29, 0.717) is 22.4 Å². The van der Waals surface area contributed by atoms with Crippen LogP contribution in [0.15, 0.2) is 72.8 Å². The van der Waals surface area contributed by atoms with Crippen molar-refractivity contribution >= 4 is 23.1 Å². The van der Waals surface area contributed by atoms with Crippen molar-refractivity contribution in [2.75, 3.05) is 23.9 Å². The Balaban J connectivity index is 1.78. The lowest BCUT2D eigenvalue weighted by molar-refractivity contribution is -0.118. The van der Waals surface area contributed by atoms with Crippen molar-refractivity contribution in [3.05, 3.63) is 95.1 Å². The fourth-order valence-electron chi connectivity index (χ4n) is 5.11. The molecule has 5 heteroatoms. The van der Waals surface area contributed by atoms with Crippen LogP contribution in [0.3, 0.4) is 0 Å². The van der Waals surface area contributed by atoms with Gasteiger partial charge >= 0.3 is 0 Å². The molecule has 156 valence electrons. The van der Waals surface area contributed by atoms with Crippen LogP contribution < -0.4 is 9.80 Å². The summed E-state index contributed by atoms with van der Waals surface area (Å²) >= 11 is 0. The fraction of sp³-hybridized carbons (Fsp3) is 0.231. The number of hydrogen-bond donors (Lipinski definition) is 1. The second-order valence-electron chi connectivity index (χ2n) is 8.64. The highest BCUT2D eigenvalue weighted by Crippen LogP contribution is 2.60. The second kappa shape index (κ2) is 6.53. The molecule has 3 aromatic rings.